The van der Waals surface area contributed by atoms with Gasteiger partial charge in [-0.15, -0.1) is 0 Å². The average molecular weight is 387 g/mol. The van der Waals surface area contributed by atoms with Crippen LogP contribution >= 0.6 is 0 Å². The first-order chi connectivity index (χ1) is 12.1. The number of pyridine rings is 1. The van der Waals surface area contributed by atoms with Gasteiger partial charge in [0.2, 0.25) is 0 Å². The number of hydrogen-bond acceptors (Lipinski definition) is 5. The number of rotatable bonds is 2. The van der Waals surface area contributed by atoms with Crippen molar-refractivity contribution in [1.82, 2.24) is 4.98 Å². The number of alkyl halides is 3. The first-order valence-electron chi connectivity index (χ1n) is 8.11. The molecule has 4 rings (SSSR count). The Hall–Kier alpha value is -2.03. The summed E-state index contributed by atoms with van der Waals surface area (Å²) >= 11 is 0. The van der Waals surface area contributed by atoms with E-state index in [1.54, 1.807) is 12.3 Å². The van der Waals surface area contributed by atoms with E-state index in [0.29, 0.717) is 25.0 Å². The Bertz CT molecular complexity index is 911. The van der Waals surface area contributed by atoms with Crippen LogP contribution in [-0.4, -0.2) is 24.5 Å². The van der Waals surface area contributed by atoms with Crippen LogP contribution in [0.4, 0.5) is 13.2 Å². The average Bonchev–Trinajstić information content (AvgIpc) is 3.06. The summed E-state index contributed by atoms with van der Waals surface area (Å²) < 4.78 is 70.7. The van der Waals surface area contributed by atoms with Crippen LogP contribution in [0.15, 0.2) is 41.8 Å². The van der Waals surface area contributed by atoms with Crippen LogP contribution in [0.5, 0.6) is 5.75 Å². The van der Waals surface area contributed by atoms with Gasteiger partial charge >= 0.3 is 15.6 Å². The second-order valence-electron chi connectivity index (χ2n) is 7.01. The number of allylic oxidation sites excluding steroid dienone is 2. The molecule has 2 atom stereocenters. The van der Waals surface area contributed by atoms with Crippen LogP contribution in [-0.2, 0) is 20.7 Å². The lowest BCUT2D eigenvalue weighted by atomic mass is 9.65. The van der Waals surface area contributed by atoms with Gasteiger partial charge in [-0.05, 0) is 30.2 Å². The van der Waals surface area contributed by atoms with E-state index in [9.17, 15) is 21.6 Å². The van der Waals surface area contributed by atoms with Gasteiger partial charge in [0.05, 0.1) is 5.69 Å². The molecule has 140 valence electrons. The quantitative estimate of drug-likeness (QED) is 0.573. The molecule has 26 heavy (non-hydrogen) atoms. The minimum Gasteiger partial charge on any atom is -0.484 e. The molecule has 0 radical (unpaired) electrons. The van der Waals surface area contributed by atoms with Gasteiger partial charge in [0.25, 0.3) is 0 Å². The third-order valence-electron chi connectivity index (χ3n) is 5.59. The van der Waals surface area contributed by atoms with Crippen LogP contribution in [0.2, 0.25) is 0 Å². The van der Waals surface area contributed by atoms with Gasteiger partial charge in [0, 0.05) is 30.9 Å². The molecular formula is C17H16F3NO4S. The molecule has 1 aromatic heterocycles. The van der Waals surface area contributed by atoms with Gasteiger partial charge in [0.15, 0.2) is 0 Å². The molecule has 3 aliphatic rings. The fourth-order valence-corrected chi connectivity index (χ4v) is 4.55. The first kappa shape index (κ1) is 17.4. The molecule has 2 aliphatic carbocycles. The van der Waals surface area contributed by atoms with Crippen LogP contribution < -0.4 is 4.74 Å². The van der Waals surface area contributed by atoms with Gasteiger partial charge in [-0.3, -0.25) is 4.98 Å². The number of fused-ring (bicyclic) bond motifs is 3. The highest BCUT2D eigenvalue weighted by Crippen LogP contribution is 2.59. The van der Waals surface area contributed by atoms with Crippen molar-refractivity contribution in [2.24, 2.45) is 5.41 Å². The van der Waals surface area contributed by atoms with Crippen LogP contribution in [0, 0.1) is 5.41 Å². The van der Waals surface area contributed by atoms with Gasteiger partial charge in [-0.1, -0.05) is 13.0 Å². The van der Waals surface area contributed by atoms with E-state index < -0.39 is 26.6 Å². The molecule has 2 heterocycles. The Morgan fingerprint density at radius 1 is 1.35 bits per heavy atom. The van der Waals surface area contributed by atoms with Gasteiger partial charge in [-0.2, -0.15) is 21.6 Å². The zero-order chi connectivity index (χ0) is 18.8. The highest BCUT2D eigenvalue weighted by molar-refractivity contribution is 7.87. The minimum absolute atomic E-state index is 0.0814. The summed E-state index contributed by atoms with van der Waals surface area (Å²) in [4.78, 5) is 4.34. The van der Waals surface area contributed by atoms with Gasteiger partial charge in [0.1, 0.15) is 17.1 Å². The predicted molar refractivity (Wildman–Crippen MR) is 85.5 cm³/mol. The summed E-state index contributed by atoms with van der Waals surface area (Å²) in [7, 11) is -5.65. The summed E-state index contributed by atoms with van der Waals surface area (Å²) in [5, 5.41) is 0. The van der Waals surface area contributed by atoms with Crippen molar-refractivity contribution in [3.8, 4) is 5.75 Å². The first-order valence-corrected chi connectivity index (χ1v) is 9.52. The van der Waals surface area contributed by atoms with Gasteiger partial charge in [-0.25, -0.2) is 0 Å². The van der Waals surface area contributed by atoms with E-state index >= 15 is 0 Å². The number of halogens is 3. The van der Waals surface area contributed by atoms with Crippen molar-refractivity contribution in [2.75, 3.05) is 0 Å². The number of ether oxygens (including phenoxy) is 1. The second-order valence-corrected chi connectivity index (χ2v) is 8.55. The zero-order valence-electron chi connectivity index (χ0n) is 13.8. The lowest BCUT2D eigenvalue weighted by Gasteiger charge is -2.43. The summed E-state index contributed by atoms with van der Waals surface area (Å²) in [6.45, 7) is 1.99. The molecule has 0 N–H and O–H groups in total. The maximum Gasteiger partial charge on any atom is 0.534 e. The summed E-state index contributed by atoms with van der Waals surface area (Å²) in [6, 6.07) is 3.64. The molecule has 0 saturated carbocycles. The standard InChI is InChI=1S/C17H16F3NO4S/c1-15-6-5-12(25-26(22,23)17(18,19)20)9-11(15)4-7-16(15)10-13-14(24-16)3-2-8-21-13/h2-4,8-9H,5-7,10H2,1H3/t15-,16+/m0/s1. The molecular weight excluding hydrogens is 371 g/mol. The highest BCUT2D eigenvalue weighted by atomic mass is 32.2. The summed E-state index contributed by atoms with van der Waals surface area (Å²) in [5.41, 5.74) is -4.85. The maximum absolute atomic E-state index is 12.5. The van der Waals surface area contributed by atoms with Crippen molar-refractivity contribution < 1.29 is 30.5 Å². The van der Waals surface area contributed by atoms with Gasteiger partial charge < -0.3 is 8.92 Å². The second kappa shape index (κ2) is 5.25. The van der Waals surface area contributed by atoms with Crippen molar-refractivity contribution >= 4 is 10.1 Å². The third-order valence-corrected chi connectivity index (χ3v) is 6.59. The molecule has 0 fully saturated rings. The van der Waals surface area contributed by atoms with Crippen molar-refractivity contribution in [3.05, 3.63) is 47.5 Å². The van der Waals surface area contributed by atoms with Crippen molar-refractivity contribution in [2.45, 2.75) is 43.7 Å². The smallest absolute Gasteiger partial charge is 0.484 e. The predicted octanol–water partition coefficient (Wildman–Crippen LogP) is 3.64. The van der Waals surface area contributed by atoms with E-state index in [4.69, 9.17) is 4.74 Å². The fourth-order valence-electron chi connectivity index (χ4n) is 4.04. The molecule has 0 amide bonds. The number of nitrogens with zero attached hydrogens (tertiary/aromatic N) is 1. The van der Waals surface area contributed by atoms with Crippen molar-refractivity contribution in [3.63, 3.8) is 0 Å². The molecule has 0 bridgehead atoms. The molecule has 1 aromatic rings. The Labute approximate surface area is 148 Å². The van der Waals surface area contributed by atoms with Crippen LogP contribution in [0.3, 0.4) is 0 Å². The number of hydrogen-bond donors (Lipinski definition) is 0. The SMILES string of the molecule is C[C@]12CCC(OS(=O)(=O)C(F)(F)F)=CC1=CC[C@@]21Cc2ncccc2O1. The summed E-state index contributed by atoms with van der Waals surface area (Å²) in [6.07, 6.45) is 6.66. The normalized spacial score (nSPS) is 30.3. The fraction of sp³-hybridized carbons (Fsp3) is 0.471. The molecule has 9 heteroatoms. The molecule has 0 saturated heterocycles. The van der Waals surface area contributed by atoms with E-state index in [2.05, 4.69) is 9.17 Å². The minimum atomic E-state index is -5.65. The molecule has 0 aromatic carbocycles. The van der Waals surface area contributed by atoms with Crippen LogP contribution in [0.25, 0.3) is 0 Å². The summed E-state index contributed by atoms with van der Waals surface area (Å²) in [5.74, 6) is 0.519. The van der Waals surface area contributed by atoms with Crippen molar-refractivity contribution in [1.29, 1.82) is 0 Å². The van der Waals surface area contributed by atoms with E-state index in [1.165, 1.54) is 6.08 Å². The van der Waals surface area contributed by atoms with E-state index in [1.807, 2.05) is 19.1 Å². The molecule has 5 nitrogen and oxygen atoms in total. The molecule has 1 spiro atoms. The number of aromatic nitrogens is 1. The van der Waals surface area contributed by atoms with E-state index in [-0.39, 0.29) is 12.2 Å². The lowest BCUT2D eigenvalue weighted by Crippen LogP contribution is -2.48. The Morgan fingerprint density at radius 2 is 2.12 bits per heavy atom. The highest BCUT2D eigenvalue weighted by Gasteiger charge is 2.59. The van der Waals surface area contributed by atoms with Crippen LogP contribution in [0.1, 0.15) is 31.9 Å². The Balaban J connectivity index is 1.61. The topological polar surface area (TPSA) is 65.5 Å². The Kier molecular flexibility index (Phi) is 3.51. The third kappa shape index (κ3) is 2.36. The zero-order valence-corrected chi connectivity index (χ0v) is 14.7. The Morgan fingerprint density at radius 3 is 2.81 bits per heavy atom. The molecule has 1 aliphatic heterocycles. The lowest BCUT2D eigenvalue weighted by molar-refractivity contribution is -0.0528. The monoisotopic (exact) mass is 387 g/mol. The van der Waals surface area contributed by atoms with E-state index in [0.717, 1.165) is 11.3 Å². The largest absolute Gasteiger partial charge is 0.534 e. The maximum atomic E-state index is 12.5. The molecule has 0 unspecified atom stereocenters.